The Morgan fingerprint density at radius 1 is 1.13 bits per heavy atom. The highest BCUT2D eigenvalue weighted by molar-refractivity contribution is 5.80. The fraction of sp³-hybridized carbons (Fsp3) is 0.474. The maximum absolute atomic E-state index is 12.3. The number of carbonyl (C=O) groups excluding carboxylic acids is 1. The second-order valence-corrected chi connectivity index (χ2v) is 6.10. The number of carbonyl (C=O) groups is 1. The number of aromatic amines is 1. The Hall–Kier alpha value is -2.10. The Bertz CT molecular complexity index is 728. The zero-order valence-corrected chi connectivity index (χ0v) is 14.3. The van der Waals surface area contributed by atoms with Gasteiger partial charge < -0.3 is 9.88 Å². The van der Waals surface area contributed by atoms with Crippen LogP contribution in [-0.4, -0.2) is 28.9 Å². The minimum atomic E-state index is -0.0894. The summed E-state index contributed by atoms with van der Waals surface area (Å²) in [6.45, 7) is 7.73. The lowest BCUT2D eigenvalue weighted by atomic mass is 10.1. The number of hydrogen-bond donors (Lipinski definition) is 1. The smallest absolute Gasteiger partial charge is 0.251 e. The molecule has 0 aliphatic carbocycles. The Morgan fingerprint density at radius 2 is 1.83 bits per heavy atom. The average molecular weight is 314 g/mol. The van der Waals surface area contributed by atoms with E-state index >= 15 is 0 Å². The lowest BCUT2D eigenvalue weighted by Gasteiger charge is -2.21. The van der Waals surface area contributed by atoms with E-state index < -0.39 is 0 Å². The predicted molar refractivity (Wildman–Crippen MR) is 94.8 cm³/mol. The molecule has 0 fully saturated rings. The Labute approximate surface area is 137 Å². The second kappa shape index (κ2) is 7.95. The quantitative estimate of drug-likeness (QED) is 0.851. The van der Waals surface area contributed by atoms with E-state index in [1.165, 1.54) is 0 Å². The first-order valence-corrected chi connectivity index (χ1v) is 8.45. The number of nitrogens with zero attached hydrogens (tertiary/aromatic N) is 1. The number of aryl methyl sites for hydroxylation is 2. The van der Waals surface area contributed by atoms with Crippen molar-refractivity contribution in [1.82, 2.24) is 9.88 Å². The van der Waals surface area contributed by atoms with Crippen LogP contribution in [0.2, 0.25) is 0 Å². The summed E-state index contributed by atoms with van der Waals surface area (Å²) in [5.41, 5.74) is 2.56. The van der Waals surface area contributed by atoms with Crippen LogP contribution in [-0.2, 0) is 11.2 Å². The van der Waals surface area contributed by atoms with Crippen molar-refractivity contribution in [2.24, 2.45) is 0 Å². The van der Waals surface area contributed by atoms with Crippen LogP contribution in [0.25, 0.3) is 10.9 Å². The molecular weight excluding hydrogens is 288 g/mol. The third kappa shape index (κ3) is 4.44. The van der Waals surface area contributed by atoms with Gasteiger partial charge in [0.1, 0.15) is 0 Å². The molecule has 0 saturated heterocycles. The molecule has 0 saturated carbocycles. The van der Waals surface area contributed by atoms with E-state index in [0.717, 1.165) is 42.4 Å². The molecule has 0 atom stereocenters. The van der Waals surface area contributed by atoms with Crippen LogP contribution in [0.3, 0.4) is 0 Å². The molecule has 0 bridgehead atoms. The van der Waals surface area contributed by atoms with Gasteiger partial charge in [-0.3, -0.25) is 9.59 Å². The standard InChI is InChI=1S/C19H26N2O2/c1-4-10-21(11-5-2)18(22)9-8-16-13-15-7-6-14(3)12-17(15)20-19(16)23/h6-7,12-13H,4-5,8-11H2,1-3H3,(H,20,23). The number of benzene rings is 1. The Kier molecular flexibility index (Phi) is 5.97. The predicted octanol–water partition coefficient (Wildman–Crippen LogP) is 3.42. The maximum atomic E-state index is 12.3. The molecule has 0 aliphatic heterocycles. The lowest BCUT2D eigenvalue weighted by Crippen LogP contribution is -2.33. The Morgan fingerprint density at radius 3 is 2.48 bits per heavy atom. The van der Waals surface area contributed by atoms with Gasteiger partial charge >= 0.3 is 0 Å². The van der Waals surface area contributed by atoms with Crippen LogP contribution in [0.1, 0.15) is 44.2 Å². The van der Waals surface area contributed by atoms with Gasteiger partial charge in [0.15, 0.2) is 0 Å². The number of hydrogen-bond acceptors (Lipinski definition) is 2. The van der Waals surface area contributed by atoms with E-state index in [-0.39, 0.29) is 11.5 Å². The molecule has 0 aliphatic rings. The molecule has 4 nitrogen and oxygen atoms in total. The number of fused-ring (bicyclic) bond motifs is 1. The first kappa shape index (κ1) is 17.3. The molecule has 2 rings (SSSR count). The zero-order chi connectivity index (χ0) is 16.8. The van der Waals surface area contributed by atoms with Gasteiger partial charge in [-0.05, 0) is 49.3 Å². The third-order valence-corrected chi connectivity index (χ3v) is 4.03. The molecule has 4 heteroatoms. The van der Waals surface area contributed by atoms with E-state index in [2.05, 4.69) is 18.8 Å². The van der Waals surface area contributed by atoms with Crippen molar-refractivity contribution < 1.29 is 4.79 Å². The van der Waals surface area contributed by atoms with Crippen LogP contribution in [0, 0.1) is 6.92 Å². The van der Waals surface area contributed by atoms with Crippen molar-refractivity contribution in [2.75, 3.05) is 13.1 Å². The lowest BCUT2D eigenvalue weighted by molar-refractivity contribution is -0.131. The van der Waals surface area contributed by atoms with Gasteiger partial charge in [0.25, 0.3) is 5.56 Å². The summed E-state index contributed by atoms with van der Waals surface area (Å²) < 4.78 is 0. The van der Waals surface area contributed by atoms with Crippen molar-refractivity contribution in [3.05, 3.63) is 45.7 Å². The van der Waals surface area contributed by atoms with E-state index in [1.807, 2.05) is 36.1 Å². The van der Waals surface area contributed by atoms with Crippen LogP contribution in [0.15, 0.2) is 29.1 Å². The van der Waals surface area contributed by atoms with Gasteiger partial charge in [-0.1, -0.05) is 26.0 Å². The second-order valence-electron chi connectivity index (χ2n) is 6.10. The SMILES string of the molecule is CCCN(CCC)C(=O)CCc1cc2ccc(C)cc2[nH]c1=O. The summed E-state index contributed by atoms with van der Waals surface area (Å²) in [5, 5.41) is 1.01. The summed E-state index contributed by atoms with van der Waals surface area (Å²) >= 11 is 0. The molecular formula is C19H26N2O2. The monoisotopic (exact) mass is 314 g/mol. The molecule has 1 heterocycles. The van der Waals surface area contributed by atoms with Gasteiger partial charge in [-0.2, -0.15) is 0 Å². The molecule has 2 aromatic rings. The number of aromatic nitrogens is 1. The van der Waals surface area contributed by atoms with Crippen LogP contribution >= 0.6 is 0 Å². The molecule has 1 amide bonds. The van der Waals surface area contributed by atoms with Gasteiger partial charge in [0.05, 0.1) is 0 Å². The number of amides is 1. The summed E-state index contributed by atoms with van der Waals surface area (Å²) in [7, 11) is 0. The topological polar surface area (TPSA) is 53.2 Å². The number of nitrogens with one attached hydrogen (secondary N) is 1. The fourth-order valence-corrected chi connectivity index (χ4v) is 2.85. The minimum absolute atomic E-state index is 0.0894. The number of rotatable bonds is 7. The molecule has 0 radical (unpaired) electrons. The molecule has 1 aromatic carbocycles. The van der Waals surface area contributed by atoms with Crippen LogP contribution < -0.4 is 5.56 Å². The summed E-state index contributed by atoms with van der Waals surface area (Å²) in [6, 6.07) is 7.91. The minimum Gasteiger partial charge on any atom is -0.343 e. The van der Waals surface area contributed by atoms with Crippen molar-refractivity contribution in [1.29, 1.82) is 0 Å². The normalized spacial score (nSPS) is 10.9. The van der Waals surface area contributed by atoms with Crippen LogP contribution in [0.4, 0.5) is 0 Å². The van der Waals surface area contributed by atoms with Crippen LogP contribution in [0.5, 0.6) is 0 Å². The van der Waals surface area contributed by atoms with Crippen molar-refractivity contribution in [3.63, 3.8) is 0 Å². The first-order valence-electron chi connectivity index (χ1n) is 8.45. The molecule has 0 spiro atoms. The molecule has 23 heavy (non-hydrogen) atoms. The van der Waals surface area contributed by atoms with Gasteiger partial charge in [0.2, 0.25) is 5.91 Å². The van der Waals surface area contributed by atoms with Crippen molar-refractivity contribution in [3.8, 4) is 0 Å². The van der Waals surface area contributed by atoms with E-state index in [1.54, 1.807) is 0 Å². The highest BCUT2D eigenvalue weighted by atomic mass is 16.2. The third-order valence-electron chi connectivity index (χ3n) is 4.03. The fourth-order valence-electron chi connectivity index (χ4n) is 2.85. The average Bonchev–Trinajstić information content (AvgIpc) is 2.52. The summed E-state index contributed by atoms with van der Waals surface area (Å²) in [4.78, 5) is 29.4. The van der Waals surface area contributed by atoms with E-state index in [0.29, 0.717) is 18.4 Å². The summed E-state index contributed by atoms with van der Waals surface area (Å²) in [6.07, 6.45) is 2.80. The van der Waals surface area contributed by atoms with Gasteiger partial charge in [0, 0.05) is 30.6 Å². The van der Waals surface area contributed by atoms with E-state index in [9.17, 15) is 9.59 Å². The Balaban J connectivity index is 2.12. The first-order chi connectivity index (χ1) is 11.0. The molecule has 124 valence electrons. The van der Waals surface area contributed by atoms with Gasteiger partial charge in [-0.15, -0.1) is 0 Å². The van der Waals surface area contributed by atoms with E-state index in [4.69, 9.17) is 0 Å². The highest BCUT2D eigenvalue weighted by Crippen LogP contribution is 2.14. The maximum Gasteiger partial charge on any atom is 0.251 e. The number of H-pyrrole nitrogens is 1. The molecule has 0 unspecified atom stereocenters. The number of pyridine rings is 1. The zero-order valence-electron chi connectivity index (χ0n) is 14.3. The van der Waals surface area contributed by atoms with Gasteiger partial charge in [-0.25, -0.2) is 0 Å². The molecule has 1 N–H and O–H groups in total. The molecule has 1 aromatic heterocycles. The van der Waals surface area contributed by atoms with Crippen molar-refractivity contribution in [2.45, 2.75) is 46.5 Å². The largest absolute Gasteiger partial charge is 0.343 e. The highest BCUT2D eigenvalue weighted by Gasteiger charge is 2.13. The summed E-state index contributed by atoms with van der Waals surface area (Å²) in [5.74, 6) is 0.136. The van der Waals surface area contributed by atoms with Crippen molar-refractivity contribution >= 4 is 16.8 Å².